The zero-order valence-electron chi connectivity index (χ0n) is 24.8. The predicted octanol–water partition coefficient (Wildman–Crippen LogP) is 6.12. The summed E-state index contributed by atoms with van der Waals surface area (Å²) >= 11 is 4.23. The number of hydrogen-bond acceptors (Lipinski definition) is 10. The maximum atomic E-state index is 13.9. The van der Waals surface area contributed by atoms with E-state index < -0.39 is 0 Å². The van der Waals surface area contributed by atoms with Crippen LogP contribution in [0.5, 0.6) is 11.5 Å². The molecule has 0 saturated heterocycles. The number of aryl methyl sites for hydroxylation is 1. The van der Waals surface area contributed by atoms with Crippen molar-refractivity contribution in [2.45, 2.75) is 31.1 Å². The highest BCUT2D eigenvalue weighted by atomic mass is 32.2. The topological polar surface area (TPSA) is 111 Å². The quantitative estimate of drug-likeness (QED) is 0.170. The van der Waals surface area contributed by atoms with Gasteiger partial charge in [0.05, 0.1) is 48.0 Å². The van der Waals surface area contributed by atoms with Gasteiger partial charge in [-0.25, -0.2) is 5.01 Å². The third-order valence-corrected chi connectivity index (χ3v) is 9.90. The highest BCUT2D eigenvalue weighted by Crippen LogP contribution is 2.42. The van der Waals surface area contributed by atoms with E-state index in [9.17, 15) is 9.59 Å². The van der Waals surface area contributed by atoms with E-state index in [2.05, 4.69) is 15.5 Å². The second-order valence-electron chi connectivity index (χ2n) is 10.1. The van der Waals surface area contributed by atoms with Crippen LogP contribution >= 0.6 is 34.4 Å². The van der Waals surface area contributed by atoms with Gasteiger partial charge in [0, 0.05) is 17.7 Å². The number of para-hydroxylation sites is 1. The molecule has 10 nitrogen and oxygen atoms in total. The lowest BCUT2D eigenvalue weighted by molar-refractivity contribution is -0.130. The third-order valence-electron chi connectivity index (χ3n) is 7.20. The van der Waals surface area contributed by atoms with Gasteiger partial charge in [-0.3, -0.25) is 14.2 Å². The average molecular weight is 659 g/mol. The normalized spacial score (nSPS) is 14.3. The monoisotopic (exact) mass is 658 g/mol. The van der Waals surface area contributed by atoms with Crippen molar-refractivity contribution >= 4 is 52.0 Å². The van der Waals surface area contributed by atoms with Crippen molar-refractivity contribution in [3.05, 3.63) is 104 Å². The van der Waals surface area contributed by atoms with E-state index in [1.807, 2.05) is 82.9 Å². The number of aromatic nitrogens is 3. The second-order valence-corrected chi connectivity index (χ2v) is 12.9. The predicted molar refractivity (Wildman–Crippen MR) is 177 cm³/mol. The van der Waals surface area contributed by atoms with Crippen LogP contribution in [0.4, 0.5) is 0 Å². The number of hydrazone groups is 1. The van der Waals surface area contributed by atoms with E-state index in [1.54, 1.807) is 36.6 Å². The Morgan fingerprint density at radius 3 is 2.56 bits per heavy atom. The van der Waals surface area contributed by atoms with Crippen LogP contribution in [0.2, 0.25) is 0 Å². The fourth-order valence-electron chi connectivity index (χ4n) is 5.13. The lowest BCUT2D eigenvalue weighted by Gasteiger charge is -2.24. The summed E-state index contributed by atoms with van der Waals surface area (Å²) in [6, 6.07) is 20.8. The lowest BCUT2D eigenvalue weighted by atomic mass is 9.99. The lowest BCUT2D eigenvalue weighted by Crippen LogP contribution is -2.29. The molecule has 0 spiro atoms. The smallest absolute Gasteiger partial charge is 0.261 e. The largest absolute Gasteiger partial charge is 0.493 e. The van der Waals surface area contributed by atoms with E-state index >= 15 is 0 Å². The minimum atomic E-state index is -0.377. The Morgan fingerprint density at radius 1 is 1.00 bits per heavy atom. The number of carbonyl (C=O) groups excluding carboxylic acids is 2. The molecule has 0 aliphatic carbocycles. The van der Waals surface area contributed by atoms with Crippen LogP contribution in [0.3, 0.4) is 0 Å². The molecule has 0 saturated carbocycles. The van der Waals surface area contributed by atoms with E-state index in [4.69, 9.17) is 14.6 Å². The van der Waals surface area contributed by atoms with E-state index in [1.165, 1.54) is 23.1 Å². The van der Waals surface area contributed by atoms with Crippen molar-refractivity contribution in [3.8, 4) is 17.2 Å². The number of amides is 2. The van der Waals surface area contributed by atoms with Gasteiger partial charge in [0.2, 0.25) is 0 Å². The maximum absolute atomic E-state index is 13.9. The van der Waals surface area contributed by atoms with Crippen LogP contribution in [0.25, 0.3) is 5.69 Å². The number of ether oxygens (including phenoxy) is 2. The Hall–Kier alpha value is -4.46. The molecule has 13 heteroatoms. The zero-order chi connectivity index (χ0) is 31.3. The second kappa shape index (κ2) is 13.7. The maximum Gasteiger partial charge on any atom is 0.261 e. The fraction of sp³-hybridized carbons (Fsp3) is 0.219. The first-order chi connectivity index (χ1) is 22.0. The van der Waals surface area contributed by atoms with Gasteiger partial charge in [-0.1, -0.05) is 48.2 Å². The van der Waals surface area contributed by atoms with Crippen molar-refractivity contribution in [3.63, 3.8) is 0 Å². The summed E-state index contributed by atoms with van der Waals surface area (Å²) in [4.78, 5) is 28.2. The number of nitrogens with zero attached hydrogens (tertiary/aromatic N) is 5. The Kier molecular flexibility index (Phi) is 9.29. The first-order valence-electron chi connectivity index (χ1n) is 14.1. The number of methoxy groups -OCH3 is 2. The number of hydrogen-bond donors (Lipinski definition) is 1. The van der Waals surface area contributed by atoms with E-state index in [0.717, 1.165) is 27.4 Å². The molecule has 4 heterocycles. The average Bonchev–Trinajstić information content (AvgIpc) is 3.89. The summed E-state index contributed by atoms with van der Waals surface area (Å²) in [7, 11) is 3.19. The van der Waals surface area contributed by atoms with Crippen molar-refractivity contribution in [1.29, 1.82) is 0 Å². The minimum Gasteiger partial charge on any atom is -0.493 e. The standard InChI is InChI=1S/C32H30N6O4S3/c1-20-8-4-9-21(16-20)37-28(18-33-31(40)27-13-7-15-44-27)34-35-32(37)45-19-29(39)38-24(17-23(36-38)26-12-6-14-43-26)22-10-5-11-25(41-2)30(22)42-3/h4-16,24H,17-19H2,1-3H3,(H,33,40). The van der Waals surface area contributed by atoms with Crippen LogP contribution in [0.1, 0.15) is 44.0 Å². The van der Waals surface area contributed by atoms with Gasteiger partial charge in [-0.15, -0.1) is 32.9 Å². The van der Waals surface area contributed by atoms with E-state index in [0.29, 0.717) is 33.8 Å². The summed E-state index contributed by atoms with van der Waals surface area (Å²) in [5, 5.41) is 22.5. The zero-order valence-corrected chi connectivity index (χ0v) is 27.2. The molecule has 6 rings (SSSR count). The van der Waals surface area contributed by atoms with Crippen molar-refractivity contribution in [1.82, 2.24) is 25.1 Å². The van der Waals surface area contributed by atoms with Crippen LogP contribution < -0.4 is 14.8 Å². The molecule has 1 N–H and O–H groups in total. The molecule has 1 atom stereocenters. The molecular formula is C32H30N6O4S3. The van der Waals surface area contributed by atoms with Gasteiger partial charge in [-0.2, -0.15) is 5.10 Å². The SMILES string of the molecule is COc1cccc(C2CC(c3cccs3)=NN2C(=O)CSc2nnc(CNC(=O)c3cccs3)n2-c2cccc(C)c2)c1OC. The van der Waals surface area contributed by atoms with E-state index in [-0.39, 0.29) is 30.2 Å². The molecule has 5 aromatic rings. The molecule has 45 heavy (non-hydrogen) atoms. The first-order valence-corrected chi connectivity index (χ1v) is 16.8. The van der Waals surface area contributed by atoms with Crippen LogP contribution in [-0.4, -0.2) is 57.3 Å². The van der Waals surface area contributed by atoms with Gasteiger partial charge in [0.15, 0.2) is 22.5 Å². The summed E-state index contributed by atoms with van der Waals surface area (Å²) in [5.41, 5.74) is 3.56. The molecule has 230 valence electrons. The van der Waals surface area contributed by atoms with Gasteiger partial charge >= 0.3 is 0 Å². The number of thioether (sulfide) groups is 1. The Bertz CT molecular complexity index is 1840. The first kappa shape index (κ1) is 30.6. The summed E-state index contributed by atoms with van der Waals surface area (Å²) < 4.78 is 13.2. The molecule has 3 aromatic heterocycles. The van der Waals surface area contributed by atoms with Crippen molar-refractivity contribution < 1.29 is 19.1 Å². The Morgan fingerprint density at radius 2 is 1.82 bits per heavy atom. The third kappa shape index (κ3) is 6.51. The number of carbonyl (C=O) groups is 2. The molecule has 2 amide bonds. The number of thiophene rings is 2. The molecule has 0 bridgehead atoms. The Labute approximate surface area is 272 Å². The summed E-state index contributed by atoms with van der Waals surface area (Å²) in [5.74, 6) is 1.42. The number of benzene rings is 2. The molecule has 1 unspecified atom stereocenters. The minimum absolute atomic E-state index is 0.0650. The molecule has 1 aliphatic heterocycles. The number of rotatable bonds is 11. The highest BCUT2D eigenvalue weighted by molar-refractivity contribution is 7.99. The molecule has 2 aromatic carbocycles. The summed E-state index contributed by atoms with van der Waals surface area (Å²) in [6.45, 7) is 2.18. The van der Waals surface area contributed by atoms with Gasteiger partial charge < -0.3 is 14.8 Å². The fourth-order valence-corrected chi connectivity index (χ4v) is 7.31. The van der Waals surface area contributed by atoms with Crippen molar-refractivity contribution in [2.75, 3.05) is 20.0 Å². The molecule has 0 fully saturated rings. The van der Waals surface area contributed by atoms with Crippen LogP contribution in [0.15, 0.2) is 87.7 Å². The number of nitrogens with one attached hydrogen (secondary N) is 1. The van der Waals surface area contributed by atoms with Crippen LogP contribution in [-0.2, 0) is 11.3 Å². The highest BCUT2D eigenvalue weighted by Gasteiger charge is 2.36. The van der Waals surface area contributed by atoms with Crippen molar-refractivity contribution in [2.24, 2.45) is 5.10 Å². The van der Waals surface area contributed by atoms with Crippen LogP contribution in [0, 0.1) is 6.92 Å². The van der Waals surface area contributed by atoms with Gasteiger partial charge in [-0.05, 0) is 53.6 Å². The molecule has 1 aliphatic rings. The Balaban J connectivity index is 1.27. The molecule has 0 radical (unpaired) electrons. The molecular weight excluding hydrogens is 629 g/mol. The summed E-state index contributed by atoms with van der Waals surface area (Å²) in [6.07, 6.45) is 0.536. The van der Waals surface area contributed by atoms with Gasteiger partial charge in [0.1, 0.15) is 0 Å². The van der Waals surface area contributed by atoms with Gasteiger partial charge in [0.25, 0.3) is 11.8 Å².